The highest BCUT2D eigenvalue weighted by atomic mass is 19.4. The lowest BCUT2D eigenvalue weighted by Gasteiger charge is -2.44. The fourth-order valence-corrected chi connectivity index (χ4v) is 5.28. The maximum atomic E-state index is 13.5. The van der Waals surface area contributed by atoms with Gasteiger partial charge in [0.1, 0.15) is 5.69 Å². The van der Waals surface area contributed by atoms with Gasteiger partial charge in [-0.3, -0.25) is 4.79 Å². The number of hydrogen-bond donors (Lipinski definition) is 1. The molecule has 1 N–H and O–H groups in total. The number of carbonyl (C=O) groups excluding carboxylic acids is 1. The number of rotatable bonds is 7. The van der Waals surface area contributed by atoms with Crippen LogP contribution in [0.5, 0.6) is 0 Å². The molecule has 1 saturated carbocycles. The van der Waals surface area contributed by atoms with Gasteiger partial charge in [0.2, 0.25) is 5.91 Å². The number of fused-ring (bicyclic) bond motifs is 1. The first-order valence-electron chi connectivity index (χ1n) is 11.7. The smallest absolute Gasteiger partial charge is 0.351 e. The Morgan fingerprint density at radius 3 is 2.35 bits per heavy atom. The molecule has 1 atom stereocenters. The Kier molecular flexibility index (Phi) is 6.94. The molecule has 0 bridgehead atoms. The molecule has 1 aliphatic carbocycles. The van der Waals surface area contributed by atoms with Gasteiger partial charge in [-0.25, -0.2) is 4.98 Å². The Morgan fingerprint density at radius 2 is 1.71 bits per heavy atom. The molecule has 2 aromatic carbocycles. The van der Waals surface area contributed by atoms with Gasteiger partial charge in [-0.2, -0.15) is 13.2 Å². The van der Waals surface area contributed by atoms with Gasteiger partial charge >= 0.3 is 6.18 Å². The topological polar surface area (TPSA) is 45.2 Å². The normalized spacial score (nSPS) is 16.6. The number of alkyl halides is 3. The second-order valence-corrected chi connectivity index (χ2v) is 9.37. The number of carbonyl (C=O) groups is 1. The van der Waals surface area contributed by atoms with Crippen molar-refractivity contribution in [3.05, 3.63) is 77.5 Å². The van der Waals surface area contributed by atoms with E-state index in [-0.39, 0.29) is 29.4 Å². The number of nitrogens with zero attached hydrogens (tertiary/aromatic N) is 2. The first-order valence-corrected chi connectivity index (χ1v) is 11.7. The average molecular weight is 470 g/mol. The van der Waals surface area contributed by atoms with Crippen molar-refractivity contribution in [3.8, 4) is 0 Å². The van der Waals surface area contributed by atoms with Crippen LogP contribution in [0.3, 0.4) is 0 Å². The van der Waals surface area contributed by atoms with Crippen LogP contribution in [-0.4, -0.2) is 41.5 Å². The van der Waals surface area contributed by atoms with Crippen LogP contribution in [-0.2, 0) is 23.8 Å². The van der Waals surface area contributed by atoms with Gasteiger partial charge < -0.3 is 10.2 Å². The first-order chi connectivity index (χ1) is 16.2. The van der Waals surface area contributed by atoms with Crippen molar-refractivity contribution in [2.24, 2.45) is 0 Å². The SMILES string of the molecule is CN(C)C1(C(Cc2ccccc2)NC(=O)Cc2cc(C(F)(F)F)nc3ccccc23)CCCC1. The fraction of sp³-hybridized carbons (Fsp3) is 0.407. The zero-order valence-electron chi connectivity index (χ0n) is 19.5. The van der Waals surface area contributed by atoms with Crippen molar-refractivity contribution < 1.29 is 18.0 Å². The number of hydrogen-bond acceptors (Lipinski definition) is 3. The third-order valence-electron chi connectivity index (χ3n) is 7.07. The van der Waals surface area contributed by atoms with Gasteiger partial charge in [-0.15, -0.1) is 0 Å². The summed E-state index contributed by atoms with van der Waals surface area (Å²) in [4.78, 5) is 19.3. The number of para-hydroxylation sites is 1. The Labute approximate surface area is 198 Å². The van der Waals surface area contributed by atoms with Crippen LogP contribution in [0.15, 0.2) is 60.7 Å². The van der Waals surface area contributed by atoms with Crippen LogP contribution in [0.1, 0.15) is 42.5 Å². The number of halogens is 3. The van der Waals surface area contributed by atoms with Crippen molar-refractivity contribution in [1.29, 1.82) is 0 Å². The lowest BCUT2D eigenvalue weighted by molar-refractivity contribution is -0.141. The van der Waals surface area contributed by atoms with Gasteiger partial charge in [0.05, 0.1) is 18.0 Å². The Bertz CT molecular complexity index is 1140. The fourth-order valence-electron chi connectivity index (χ4n) is 5.28. The highest BCUT2D eigenvalue weighted by Crippen LogP contribution is 2.38. The first kappa shape index (κ1) is 24.2. The summed E-state index contributed by atoms with van der Waals surface area (Å²) in [5, 5.41) is 3.78. The number of benzene rings is 2. The van der Waals surface area contributed by atoms with Crippen molar-refractivity contribution in [3.63, 3.8) is 0 Å². The van der Waals surface area contributed by atoms with Crippen molar-refractivity contribution >= 4 is 16.8 Å². The molecule has 1 aromatic heterocycles. The van der Waals surface area contributed by atoms with E-state index in [1.807, 2.05) is 44.4 Å². The maximum Gasteiger partial charge on any atom is 0.433 e. The number of likely N-dealkylation sites (N-methyl/N-ethyl adjacent to an activating group) is 1. The summed E-state index contributed by atoms with van der Waals surface area (Å²) in [5.41, 5.74) is 0.522. The lowest BCUT2D eigenvalue weighted by Crippen LogP contribution is -2.59. The number of pyridine rings is 1. The lowest BCUT2D eigenvalue weighted by atomic mass is 9.82. The highest BCUT2D eigenvalue weighted by Gasteiger charge is 2.44. The molecule has 4 rings (SSSR count). The molecular weight excluding hydrogens is 439 g/mol. The zero-order valence-corrected chi connectivity index (χ0v) is 19.5. The van der Waals surface area contributed by atoms with Gasteiger partial charge in [0.25, 0.3) is 0 Å². The van der Waals surface area contributed by atoms with Crippen LogP contribution < -0.4 is 5.32 Å². The highest BCUT2D eigenvalue weighted by molar-refractivity contribution is 5.88. The average Bonchev–Trinajstić information content (AvgIpc) is 3.30. The summed E-state index contributed by atoms with van der Waals surface area (Å²) in [6.45, 7) is 0. The standard InChI is InChI=1S/C27H30F3N3O/c1-33(2)26(14-8-9-15-26)23(16-19-10-4-3-5-11-19)32-25(34)18-20-17-24(27(28,29)30)31-22-13-7-6-12-21(20)22/h3-7,10-13,17,23H,8-9,14-16,18H2,1-2H3,(H,32,34). The van der Waals surface area contributed by atoms with E-state index < -0.39 is 11.9 Å². The minimum atomic E-state index is -4.58. The van der Waals surface area contributed by atoms with Crippen molar-refractivity contribution in [1.82, 2.24) is 15.2 Å². The minimum Gasteiger partial charge on any atom is -0.351 e. The second-order valence-electron chi connectivity index (χ2n) is 9.37. The van der Waals surface area contributed by atoms with E-state index in [9.17, 15) is 18.0 Å². The minimum absolute atomic E-state index is 0.138. The molecule has 4 nitrogen and oxygen atoms in total. The van der Waals surface area contributed by atoms with E-state index in [1.165, 1.54) is 0 Å². The van der Waals surface area contributed by atoms with E-state index in [0.717, 1.165) is 37.3 Å². The third-order valence-corrected chi connectivity index (χ3v) is 7.07. The largest absolute Gasteiger partial charge is 0.433 e. The molecule has 3 aromatic rings. The number of aromatic nitrogens is 1. The molecule has 7 heteroatoms. The number of amides is 1. The van der Waals surface area contributed by atoms with Crippen molar-refractivity contribution in [2.45, 2.75) is 56.3 Å². The van der Waals surface area contributed by atoms with E-state index in [0.29, 0.717) is 17.4 Å². The molecular formula is C27H30F3N3O. The molecule has 1 amide bonds. The maximum absolute atomic E-state index is 13.5. The molecule has 34 heavy (non-hydrogen) atoms. The Morgan fingerprint density at radius 1 is 1.06 bits per heavy atom. The molecule has 0 radical (unpaired) electrons. The summed E-state index contributed by atoms with van der Waals surface area (Å²) < 4.78 is 40.4. The molecule has 1 fully saturated rings. The predicted molar refractivity (Wildman–Crippen MR) is 127 cm³/mol. The molecule has 0 saturated heterocycles. The summed E-state index contributed by atoms with van der Waals surface area (Å²) in [6, 6.07) is 17.5. The third kappa shape index (κ3) is 5.09. The number of nitrogens with one attached hydrogen (secondary N) is 1. The quantitative estimate of drug-likeness (QED) is 0.504. The van der Waals surface area contributed by atoms with Crippen LogP contribution in [0, 0.1) is 0 Å². The molecule has 0 aliphatic heterocycles. The monoisotopic (exact) mass is 469 g/mol. The molecule has 1 unspecified atom stereocenters. The molecule has 180 valence electrons. The van der Waals surface area contributed by atoms with Gasteiger partial charge in [0, 0.05) is 10.9 Å². The van der Waals surface area contributed by atoms with Gasteiger partial charge in [-0.1, -0.05) is 61.4 Å². The van der Waals surface area contributed by atoms with E-state index in [4.69, 9.17) is 0 Å². The molecule has 0 spiro atoms. The summed E-state index contributed by atoms with van der Waals surface area (Å²) in [7, 11) is 4.09. The predicted octanol–water partition coefficient (Wildman–Crippen LogP) is 5.40. The van der Waals surface area contributed by atoms with Crippen LogP contribution in [0.4, 0.5) is 13.2 Å². The summed E-state index contributed by atoms with van der Waals surface area (Å²) >= 11 is 0. The van der Waals surface area contributed by atoms with E-state index in [1.54, 1.807) is 24.3 Å². The van der Waals surface area contributed by atoms with Crippen LogP contribution >= 0.6 is 0 Å². The zero-order chi connectivity index (χ0) is 24.3. The summed E-state index contributed by atoms with van der Waals surface area (Å²) in [6.07, 6.45) is 0.0510. The van der Waals surface area contributed by atoms with Crippen LogP contribution in [0.2, 0.25) is 0 Å². The second kappa shape index (κ2) is 9.74. The Hall–Kier alpha value is -2.93. The van der Waals surface area contributed by atoms with Gasteiger partial charge in [0.15, 0.2) is 0 Å². The van der Waals surface area contributed by atoms with Crippen LogP contribution in [0.25, 0.3) is 10.9 Å². The molecule has 1 aliphatic rings. The molecule has 1 heterocycles. The van der Waals surface area contributed by atoms with Gasteiger partial charge in [-0.05, 0) is 56.6 Å². The Balaban J connectivity index is 1.64. The van der Waals surface area contributed by atoms with E-state index >= 15 is 0 Å². The van der Waals surface area contributed by atoms with E-state index in [2.05, 4.69) is 15.2 Å². The van der Waals surface area contributed by atoms with Crippen molar-refractivity contribution in [2.75, 3.05) is 14.1 Å². The summed E-state index contributed by atoms with van der Waals surface area (Å²) in [5.74, 6) is -0.279.